The van der Waals surface area contributed by atoms with E-state index in [1.807, 2.05) is 6.07 Å². The molecule has 15 nitrogen and oxygen atoms in total. The van der Waals surface area contributed by atoms with Crippen LogP contribution in [-0.2, 0) is 29.2 Å². The van der Waals surface area contributed by atoms with Crippen LogP contribution >= 0.6 is 11.3 Å². The molecule has 7 heterocycles. The van der Waals surface area contributed by atoms with Crippen molar-refractivity contribution < 1.29 is 37.7 Å². The van der Waals surface area contributed by atoms with Gasteiger partial charge in [0, 0.05) is 48.5 Å². The van der Waals surface area contributed by atoms with Crippen molar-refractivity contribution in [2.75, 3.05) is 29.9 Å². The Morgan fingerprint density at radius 1 is 1.15 bits per heavy atom. The molecule has 1 aromatic carbocycles. The number of carbonyl (C=O) groups excluding carboxylic acids is 1. The normalized spacial score (nSPS) is 18.0. The van der Waals surface area contributed by atoms with E-state index >= 15 is 8.78 Å². The molecule has 274 valence electrons. The number of aromatic nitrogens is 5. The molecule has 0 radical (unpaired) electrons. The maximum Gasteiger partial charge on any atom is 0.412 e. The first kappa shape index (κ1) is 34.4. The quantitative estimate of drug-likeness (QED) is 0.198. The van der Waals surface area contributed by atoms with Gasteiger partial charge in [0.1, 0.15) is 34.6 Å². The minimum absolute atomic E-state index is 0.00968. The van der Waals surface area contributed by atoms with Gasteiger partial charge in [0.25, 0.3) is 0 Å². The lowest BCUT2D eigenvalue weighted by atomic mass is 9.93. The maximum atomic E-state index is 17.5. The highest BCUT2D eigenvalue weighted by Gasteiger charge is 2.44. The molecule has 5 aromatic rings. The van der Waals surface area contributed by atoms with E-state index in [9.17, 15) is 20.0 Å². The Morgan fingerprint density at radius 3 is 2.58 bits per heavy atom. The molecule has 0 spiro atoms. The lowest BCUT2D eigenvalue weighted by molar-refractivity contribution is 0.0636. The summed E-state index contributed by atoms with van der Waals surface area (Å²) in [6, 6.07) is 1.51. The van der Waals surface area contributed by atoms with Gasteiger partial charge in [-0.2, -0.15) is 15.2 Å². The topological polar surface area (TPSA) is 181 Å². The fourth-order valence-corrected chi connectivity index (χ4v) is 8.45. The molecule has 53 heavy (non-hydrogen) atoms. The predicted molar refractivity (Wildman–Crippen MR) is 188 cm³/mol. The van der Waals surface area contributed by atoms with E-state index in [1.54, 1.807) is 44.1 Å². The van der Waals surface area contributed by atoms with Gasteiger partial charge in [-0.25, -0.2) is 23.4 Å². The standard InChI is InChI=1S/C35H33F2N9O6S/c1-35(2,3)52-33(47)43-31-19(10-38)24-27(40-11-22(36)29(24)53-31)23-20-14-50-15-21(20)25-28(26(23)37)41-32(51-9-8-44-7-6-39-16-44)42-30(25)46-17-4-5-18(46)13-45(12-17)34(48)49/h6-7,11,16-18H,4-5,8-9,12-15H2,1-3H3,(H,43,47)(H,48,49). The average Bonchev–Trinajstić information content (AvgIpc) is 3.91. The zero-order valence-corrected chi connectivity index (χ0v) is 29.7. The SMILES string of the molecule is CC(C)(C)OC(=O)Nc1sc2c(F)cnc(-c3c4c(c5c(N6C7CCC6CN(C(=O)O)C7)nc(OCCn6ccnc6)nc5c3F)COC4)c2c1C#N. The number of halogens is 2. The van der Waals surface area contributed by atoms with Gasteiger partial charge in [-0.3, -0.25) is 10.3 Å². The number of rotatable bonds is 7. The molecule has 2 N–H and O–H groups in total. The molecular formula is C35H33F2N9O6S. The second-order valence-corrected chi connectivity index (χ2v) is 15.0. The number of carboxylic acid groups (broad SMARTS) is 1. The van der Waals surface area contributed by atoms with Crippen molar-refractivity contribution in [1.29, 1.82) is 5.26 Å². The Hall–Kier alpha value is -5.67. The van der Waals surface area contributed by atoms with Gasteiger partial charge in [0.2, 0.25) is 0 Å². The number of hydrogen-bond acceptors (Lipinski definition) is 12. The monoisotopic (exact) mass is 745 g/mol. The van der Waals surface area contributed by atoms with Crippen molar-refractivity contribution in [3.8, 4) is 23.3 Å². The maximum absolute atomic E-state index is 17.5. The van der Waals surface area contributed by atoms with Crippen molar-refractivity contribution >= 4 is 55.3 Å². The van der Waals surface area contributed by atoms with Crippen LogP contribution in [0.2, 0.25) is 0 Å². The smallest absolute Gasteiger partial charge is 0.412 e. The second-order valence-electron chi connectivity index (χ2n) is 14.0. The summed E-state index contributed by atoms with van der Waals surface area (Å²) in [5, 5.41) is 23.1. The van der Waals surface area contributed by atoms with Crippen LogP contribution in [0.5, 0.6) is 6.01 Å². The molecule has 4 aromatic heterocycles. The molecule has 2 atom stereocenters. The number of carbonyl (C=O) groups is 2. The Labute approximate surface area is 304 Å². The average molecular weight is 746 g/mol. The van der Waals surface area contributed by atoms with Gasteiger partial charge < -0.3 is 33.7 Å². The van der Waals surface area contributed by atoms with E-state index in [0.717, 1.165) is 17.5 Å². The van der Waals surface area contributed by atoms with Gasteiger partial charge in [0.05, 0.1) is 53.6 Å². The first-order valence-corrected chi connectivity index (χ1v) is 17.7. The zero-order valence-electron chi connectivity index (χ0n) is 28.9. The summed E-state index contributed by atoms with van der Waals surface area (Å²) in [5.74, 6) is -1.15. The van der Waals surface area contributed by atoms with Crippen LogP contribution in [0.15, 0.2) is 24.9 Å². The highest BCUT2D eigenvalue weighted by molar-refractivity contribution is 7.23. The first-order chi connectivity index (χ1) is 25.4. The molecule has 3 aliphatic heterocycles. The highest BCUT2D eigenvalue weighted by atomic mass is 32.1. The van der Waals surface area contributed by atoms with E-state index in [0.29, 0.717) is 41.7 Å². The van der Waals surface area contributed by atoms with Crippen molar-refractivity contribution in [2.45, 2.75) is 71.1 Å². The van der Waals surface area contributed by atoms with Crippen LogP contribution in [0.4, 0.5) is 29.2 Å². The number of ether oxygens (including phenoxy) is 3. The first-order valence-electron chi connectivity index (χ1n) is 16.9. The summed E-state index contributed by atoms with van der Waals surface area (Å²) in [5.41, 5.74) is -0.0612. The summed E-state index contributed by atoms with van der Waals surface area (Å²) < 4.78 is 52.0. The lowest BCUT2D eigenvalue weighted by Crippen LogP contribution is -2.55. The number of imidazole rings is 1. The van der Waals surface area contributed by atoms with E-state index in [1.165, 1.54) is 4.90 Å². The number of nitrogens with zero attached hydrogens (tertiary/aromatic N) is 8. The highest BCUT2D eigenvalue weighted by Crippen LogP contribution is 2.48. The van der Waals surface area contributed by atoms with E-state index in [-0.39, 0.29) is 88.4 Å². The molecule has 2 unspecified atom stereocenters. The lowest BCUT2D eigenvalue weighted by Gasteiger charge is -2.41. The van der Waals surface area contributed by atoms with E-state index in [2.05, 4.69) is 25.2 Å². The number of nitrogens with one attached hydrogen (secondary N) is 1. The molecule has 2 saturated heterocycles. The molecule has 0 saturated carbocycles. The van der Waals surface area contributed by atoms with Crippen molar-refractivity contribution in [2.24, 2.45) is 0 Å². The molecule has 2 bridgehead atoms. The van der Waals surface area contributed by atoms with Crippen LogP contribution in [0.3, 0.4) is 0 Å². The van der Waals surface area contributed by atoms with Gasteiger partial charge in [-0.05, 0) is 44.7 Å². The molecule has 8 rings (SSSR count). The van der Waals surface area contributed by atoms with Crippen LogP contribution < -0.4 is 15.0 Å². The molecule has 18 heteroatoms. The molecule has 2 amide bonds. The number of anilines is 2. The Balaban J connectivity index is 1.31. The van der Waals surface area contributed by atoms with E-state index in [4.69, 9.17) is 19.2 Å². The number of benzene rings is 1. The van der Waals surface area contributed by atoms with Crippen LogP contribution in [0.1, 0.15) is 50.3 Å². The second kappa shape index (κ2) is 13.1. The predicted octanol–water partition coefficient (Wildman–Crippen LogP) is 6.04. The number of nitriles is 1. The number of piperazine rings is 1. The Morgan fingerprint density at radius 2 is 1.91 bits per heavy atom. The number of pyridine rings is 1. The molecule has 2 fully saturated rings. The summed E-state index contributed by atoms with van der Waals surface area (Å²) in [6.45, 7) is 6.15. The molecule has 0 aliphatic carbocycles. The minimum atomic E-state index is -1.00. The number of hydrogen-bond donors (Lipinski definition) is 2. The Bertz CT molecular complexity index is 2330. The third-order valence-electron chi connectivity index (χ3n) is 9.53. The third kappa shape index (κ3) is 6.08. The third-order valence-corrected chi connectivity index (χ3v) is 10.6. The molecule has 3 aliphatic rings. The van der Waals surface area contributed by atoms with Crippen LogP contribution in [0, 0.1) is 23.0 Å². The largest absolute Gasteiger partial charge is 0.465 e. The van der Waals surface area contributed by atoms with Crippen molar-refractivity contribution in [1.82, 2.24) is 29.4 Å². The van der Waals surface area contributed by atoms with Gasteiger partial charge >= 0.3 is 18.2 Å². The van der Waals surface area contributed by atoms with Gasteiger partial charge in [-0.1, -0.05) is 0 Å². The fraction of sp³-hybridized carbons (Fsp3) is 0.400. The van der Waals surface area contributed by atoms with Gasteiger partial charge in [0.15, 0.2) is 11.6 Å². The summed E-state index contributed by atoms with van der Waals surface area (Å²) in [4.78, 5) is 45.9. The fourth-order valence-electron chi connectivity index (χ4n) is 7.41. The number of likely N-dealkylation sites (tertiary alicyclic amines) is 1. The van der Waals surface area contributed by atoms with Crippen molar-refractivity contribution in [3.63, 3.8) is 0 Å². The van der Waals surface area contributed by atoms with E-state index < -0.39 is 29.4 Å². The zero-order chi connectivity index (χ0) is 37.2. The molecular weight excluding hydrogens is 713 g/mol. The summed E-state index contributed by atoms with van der Waals surface area (Å²) >= 11 is 0.815. The number of fused-ring (bicyclic) bond motifs is 6. The van der Waals surface area contributed by atoms with Crippen LogP contribution in [-0.4, -0.2) is 84.1 Å². The van der Waals surface area contributed by atoms with Crippen molar-refractivity contribution in [3.05, 3.63) is 53.2 Å². The number of thiophene rings is 1. The minimum Gasteiger partial charge on any atom is -0.465 e. The number of amides is 2. The van der Waals surface area contributed by atoms with Gasteiger partial charge in [-0.15, -0.1) is 11.3 Å². The summed E-state index contributed by atoms with van der Waals surface area (Å²) in [6.07, 6.45) is 5.57. The summed E-state index contributed by atoms with van der Waals surface area (Å²) in [7, 11) is 0. The van der Waals surface area contributed by atoms with Crippen LogP contribution in [0.25, 0.3) is 32.2 Å². The Kier molecular flexibility index (Phi) is 8.49.